The molecule has 156 valence electrons. The number of ether oxygens (including phenoxy) is 1. The SMILES string of the molecule is CC(C)NC(=O)[C@@H](C)N(Cc1cccc(Cl)c1)C(=O)COc1ccc(Cl)cc1Br. The molecule has 2 aromatic rings. The number of benzene rings is 2. The fourth-order valence-corrected chi connectivity index (χ4v) is 3.64. The van der Waals surface area contributed by atoms with Crippen LogP contribution in [0.25, 0.3) is 0 Å². The van der Waals surface area contributed by atoms with Crippen LogP contribution in [0.1, 0.15) is 26.3 Å². The van der Waals surface area contributed by atoms with Crippen molar-refractivity contribution in [3.63, 3.8) is 0 Å². The predicted octanol–water partition coefficient (Wildman–Crippen LogP) is 5.08. The van der Waals surface area contributed by atoms with E-state index in [0.717, 1.165) is 5.56 Å². The van der Waals surface area contributed by atoms with E-state index in [4.69, 9.17) is 27.9 Å². The summed E-state index contributed by atoms with van der Waals surface area (Å²) in [5.74, 6) is -0.0639. The number of nitrogens with zero attached hydrogens (tertiary/aromatic N) is 1. The summed E-state index contributed by atoms with van der Waals surface area (Å²) < 4.78 is 6.30. The van der Waals surface area contributed by atoms with Crippen molar-refractivity contribution in [1.82, 2.24) is 10.2 Å². The number of amides is 2. The molecule has 8 heteroatoms. The van der Waals surface area contributed by atoms with Gasteiger partial charge in [-0.1, -0.05) is 35.3 Å². The van der Waals surface area contributed by atoms with Crippen LogP contribution in [0, 0.1) is 0 Å². The molecule has 0 heterocycles. The summed E-state index contributed by atoms with van der Waals surface area (Å²) >= 11 is 15.4. The number of halogens is 3. The lowest BCUT2D eigenvalue weighted by atomic mass is 10.1. The maximum atomic E-state index is 13.0. The van der Waals surface area contributed by atoms with Crippen molar-refractivity contribution >= 4 is 50.9 Å². The summed E-state index contributed by atoms with van der Waals surface area (Å²) in [6.45, 7) is 5.44. The van der Waals surface area contributed by atoms with Crippen molar-refractivity contribution in [2.45, 2.75) is 39.4 Å². The Morgan fingerprint density at radius 2 is 1.79 bits per heavy atom. The van der Waals surface area contributed by atoms with Crippen molar-refractivity contribution < 1.29 is 14.3 Å². The molecule has 29 heavy (non-hydrogen) atoms. The molecule has 1 N–H and O–H groups in total. The van der Waals surface area contributed by atoms with Gasteiger partial charge in [0.2, 0.25) is 5.91 Å². The van der Waals surface area contributed by atoms with Crippen LogP contribution in [0.3, 0.4) is 0 Å². The maximum absolute atomic E-state index is 13.0. The van der Waals surface area contributed by atoms with Gasteiger partial charge in [-0.15, -0.1) is 0 Å². The predicted molar refractivity (Wildman–Crippen MR) is 119 cm³/mol. The smallest absolute Gasteiger partial charge is 0.261 e. The minimum absolute atomic E-state index is 0.0330. The van der Waals surface area contributed by atoms with Crippen LogP contribution in [-0.4, -0.2) is 35.4 Å². The Bertz CT molecular complexity index is 877. The highest BCUT2D eigenvalue weighted by molar-refractivity contribution is 9.10. The van der Waals surface area contributed by atoms with Gasteiger partial charge in [0, 0.05) is 22.6 Å². The third-order valence-corrected chi connectivity index (χ3v) is 5.18. The standard InChI is InChI=1S/C21H23BrCl2N2O3/c1-13(2)25-21(28)14(3)26(11-15-5-4-6-16(23)9-15)20(27)12-29-19-8-7-17(24)10-18(19)22/h4-10,13-14H,11-12H2,1-3H3,(H,25,28)/t14-/m1/s1. The van der Waals surface area contributed by atoms with E-state index in [2.05, 4.69) is 21.2 Å². The van der Waals surface area contributed by atoms with Crippen LogP contribution >= 0.6 is 39.1 Å². The fourth-order valence-electron chi connectivity index (χ4n) is 2.63. The van der Waals surface area contributed by atoms with Crippen molar-refractivity contribution in [3.8, 4) is 5.75 Å². The Hall–Kier alpha value is -1.76. The topological polar surface area (TPSA) is 58.6 Å². The van der Waals surface area contributed by atoms with Crippen LogP contribution in [0.4, 0.5) is 0 Å². The summed E-state index contributed by atoms with van der Waals surface area (Å²) in [5.41, 5.74) is 0.822. The molecule has 0 aliphatic heterocycles. The van der Waals surface area contributed by atoms with Gasteiger partial charge in [0.1, 0.15) is 11.8 Å². The second kappa shape index (κ2) is 10.9. The monoisotopic (exact) mass is 500 g/mol. The third kappa shape index (κ3) is 7.21. The van der Waals surface area contributed by atoms with Gasteiger partial charge in [0.05, 0.1) is 4.47 Å². The molecule has 0 radical (unpaired) electrons. The van der Waals surface area contributed by atoms with Crippen LogP contribution in [0.15, 0.2) is 46.9 Å². The molecule has 0 aliphatic rings. The molecule has 0 bridgehead atoms. The fraction of sp³-hybridized carbons (Fsp3) is 0.333. The Balaban J connectivity index is 2.17. The molecule has 0 unspecified atom stereocenters. The molecule has 2 rings (SSSR count). The van der Waals surface area contributed by atoms with Crippen LogP contribution < -0.4 is 10.1 Å². The maximum Gasteiger partial charge on any atom is 0.261 e. The van der Waals surface area contributed by atoms with Gasteiger partial charge in [-0.3, -0.25) is 9.59 Å². The van der Waals surface area contributed by atoms with Crippen molar-refractivity contribution in [1.29, 1.82) is 0 Å². The minimum Gasteiger partial charge on any atom is -0.483 e. The number of carbonyl (C=O) groups is 2. The molecule has 0 saturated carbocycles. The summed E-state index contributed by atoms with van der Waals surface area (Å²) in [6.07, 6.45) is 0. The van der Waals surface area contributed by atoms with Gasteiger partial charge in [0.25, 0.3) is 5.91 Å². The summed E-state index contributed by atoms with van der Waals surface area (Å²) in [6, 6.07) is 11.5. The second-order valence-corrected chi connectivity index (χ2v) is 8.58. The lowest BCUT2D eigenvalue weighted by Gasteiger charge is -2.29. The Kier molecular flexibility index (Phi) is 8.80. The molecule has 0 saturated heterocycles. The van der Waals surface area contributed by atoms with E-state index in [0.29, 0.717) is 20.3 Å². The Morgan fingerprint density at radius 1 is 1.10 bits per heavy atom. The zero-order valence-corrected chi connectivity index (χ0v) is 19.5. The average Bonchev–Trinajstić information content (AvgIpc) is 2.64. The number of hydrogen-bond donors (Lipinski definition) is 1. The molecule has 0 fully saturated rings. The summed E-state index contributed by atoms with van der Waals surface area (Å²) in [5, 5.41) is 3.96. The van der Waals surface area contributed by atoms with Gasteiger partial charge < -0.3 is 15.0 Å². The molecular weight excluding hydrogens is 479 g/mol. The summed E-state index contributed by atoms with van der Waals surface area (Å²) in [7, 11) is 0. The molecule has 2 amide bonds. The number of carbonyl (C=O) groups excluding carboxylic acids is 2. The van der Waals surface area contributed by atoms with Gasteiger partial charge >= 0.3 is 0 Å². The quantitative estimate of drug-likeness (QED) is 0.548. The zero-order valence-electron chi connectivity index (χ0n) is 16.4. The molecular formula is C21H23BrCl2N2O3. The number of nitrogens with one attached hydrogen (secondary N) is 1. The molecule has 5 nitrogen and oxygen atoms in total. The van der Waals surface area contributed by atoms with Crippen LogP contribution in [0.2, 0.25) is 10.0 Å². The van der Waals surface area contributed by atoms with E-state index in [9.17, 15) is 9.59 Å². The Morgan fingerprint density at radius 3 is 2.41 bits per heavy atom. The van der Waals surface area contributed by atoms with E-state index in [1.54, 1.807) is 43.3 Å². The second-order valence-electron chi connectivity index (χ2n) is 6.85. The lowest BCUT2D eigenvalue weighted by molar-refractivity contribution is -0.142. The first-order valence-corrected chi connectivity index (χ1v) is 10.6. The van der Waals surface area contributed by atoms with E-state index < -0.39 is 6.04 Å². The van der Waals surface area contributed by atoms with Crippen molar-refractivity contribution in [3.05, 3.63) is 62.5 Å². The summed E-state index contributed by atoms with van der Waals surface area (Å²) in [4.78, 5) is 27.0. The van der Waals surface area contributed by atoms with Gasteiger partial charge in [-0.05, 0) is 72.6 Å². The lowest BCUT2D eigenvalue weighted by Crippen LogP contribution is -2.50. The normalized spacial score (nSPS) is 11.8. The largest absolute Gasteiger partial charge is 0.483 e. The van der Waals surface area contributed by atoms with Crippen LogP contribution in [-0.2, 0) is 16.1 Å². The van der Waals surface area contributed by atoms with Crippen molar-refractivity contribution in [2.24, 2.45) is 0 Å². The third-order valence-electron chi connectivity index (χ3n) is 4.09. The molecule has 0 aliphatic carbocycles. The minimum atomic E-state index is -0.679. The number of hydrogen-bond acceptors (Lipinski definition) is 3. The first-order valence-electron chi connectivity index (χ1n) is 9.09. The van der Waals surface area contributed by atoms with E-state index in [1.165, 1.54) is 4.90 Å². The van der Waals surface area contributed by atoms with Gasteiger partial charge in [-0.2, -0.15) is 0 Å². The van der Waals surface area contributed by atoms with Gasteiger partial charge in [0.15, 0.2) is 6.61 Å². The van der Waals surface area contributed by atoms with Crippen molar-refractivity contribution in [2.75, 3.05) is 6.61 Å². The molecule has 1 atom stereocenters. The molecule has 0 aromatic heterocycles. The highest BCUT2D eigenvalue weighted by Crippen LogP contribution is 2.28. The highest BCUT2D eigenvalue weighted by Gasteiger charge is 2.27. The van der Waals surface area contributed by atoms with Gasteiger partial charge in [-0.25, -0.2) is 0 Å². The van der Waals surface area contributed by atoms with Crippen LogP contribution in [0.5, 0.6) is 5.75 Å². The first-order chi connectivity index (χ1) is 13.7. The Labute approximate surface area is 189 Å². The van der Waals surface area contributed by atoms with E-state index in [1.807, 2.05) is 19.9 Å². The molecule has 2 aromatic carbocycles. The first kappa shape index (κ1) is 23.5. The highest BCUT2D eigenvalue weighted by atomic mass is 79.9. The average molecular weight is 502 g/mol. The molecule has 0 spiro atoms. The number of rotatable bonds is 8. The zero-order chi connectivity index (χ0) is 21.6. The van der Waals surface area contributed by atoms with E-state index in [-0.39, 0.29) is 31.0 Å². The van der Waals surface area contributed by atoms with E-state index >= 15 is 0 Å².